The molecule has 7 heteroatoms. The predicted molar refractivity (Wildman–Crippen MR) is 120 cm³/mol. The average Bonchev–Trinajstić information content (AvgIpc) is 3.02. The number of benzene rings is 1. The van der Waals surface area contributed by atoms with Gasteiger partial charge in [0.05, 0.1) is 31.2 Å². The number of nitrogens with zero attached hydrogens (tertiary/aromatic N) is 3. The normalized spacial score (nSPS) is 33.6. The number of ether oxygens (including phenoxy) is 3. The Balaban J connectivity index is 1.87. The molecule has 1 aromatic rings. The van der Waals surface area contributed by atoms with E-state index in [1.165, 1.54) is 12.8 Å². The summed E-state index contributed by atoms with van der Waals surface area (Å²) in [6.45, 7) is 0. The number of hydrogen-bond acceptors (Lipinski definition) is 7. The topological polar surface area (TPSA) is 123 Å². The molecule has 4 unspecified atom stereocenters. The summed E-state index contributed by atoms with van der Waals surface area (Å²) < 4.78 is 18.0. The molecule has 2 bridgehead atoms. The monoisotopic (exact) mass is 446 g/mol. The molecule has 3 fully saturated rings. The SMILES string of the molecule is COc1ccc(C2OC34CCCCCCCCCCC3C(C#N)(C(=N)O4)C2(C#N)C#N)cc1. The maximum absolute atomic E-state index is 10.6. The van der Waals surface area contributed by atoms with E-state index in [9.17, 15) is 15.8 Å². The third-order valence-corrected chi connectivity index (χ3v) is 7.73. The lowest BCUT2D eigenvalue weighted by molar-refractivity contribution is -0.287. The van der Waals surface area contributed by atoms with E-state index in [0.717, 1.165) is 38.5 Å². The molecule has 1 aliphatic carbocycles. The zero-order chi connectivity index (χ0) is 23.5. The zero-order valence-corrected chi connectivity index (χ0v) is 19.1. The van der Waals surface area contributed by atoms with Gasteiger partial charge in [0.15, 0.2) is 5.41 Å². The van der Waals surface area contributed by atoms with E-state index in [1.807, 2.05) is 0 Å². The van der Waals surface area contributed by atoms with E-state index in [2.05, 4.69) is 18.2 Å². The van der Waals surface area contributed by atoms with Crippen molar-refractivity contribution in [1.82, 2.24) is 0 Å². The Morgan fingerprint density at radius 3 is 2.09 bits per heavy atom. The van der Waals surface area contributed by atoms with Crippen molar-refractivity contribution in [1.29, 1.82) is 21.2 Å². The summed E-state index contributed by atoms with van der Waals surface area (Å²) in [5.41, 5.74) is -3.00. The van der Waals surface area contributed by atoms with E-state index in [-0.39, 0.29) is 5.90 Å². The van der Waals surface area contributed by atoms with Crippen LogP contribution in [0, 0.1) is 56.2 Å². The van der Waals surface area contributed by atoms with Crippen LogP contribution in [0.1, 0.15) is 75.9 Å². The molecule has 3 aliphatic rings. The van der Waals surface area contributed by atoms with Gasteiger partial charge in [-0.2, -0.15) is 15.8 Å². The van der Waals surface area contributed by atoms with Crippen LogP contribution in [0.3, 0.4) is 0 Å². The quantitative estimate of drug-likeness (QED) is 0.636. The first-order valence-corrected chi connectivity index (χ1v) is 11.9. The van der Waals surface area contributed by atoms with Crippen LogP contribution in [-0.4, -0.2) is 18.8 Å². The van der Waals surface area contributed by atoms with Gasteiger partial charge in [-0.05, 0) is 30.5 Å². The second-order valence-corrected chi connectivity index (χ2v) is 9.39. The Labute approximate surface area is 195 Å². The lowest BCUT2D eigenvalue weighted by Crippen LogP contribution is -2.59. The number of hydrogen-bond donors (Lipinski definition) is 1. The van der Waals surface area contributed by atoms with Crippen molar-refractivity contribution in [2.24, 2.45) is 16.7 Å². The molecule has 0 aromatic heterocycles. The second kappa shape index (κ2) is 9.05. The summed E-state index contributed by atoms with van der Waals surface area (Å²) >= 11 is 0. The molecule has 0 amide bonds. The molecular formula is C26H30N4O3. The minimum Gasteiger partial charge on any atom is -0.497 e. The highest BCUT2D eigenvalue weighted by atomic mass is 16.7. The molecule has 7 nitrogen and oxygen atoms in total. The van der Waals surface area contributed by atoms with E-state index in [1.54, 1.807) is 31.4 Å². The molecule has 0 radical (unpaired) electrons. The van der Waals surface area contributed by atoms with Crippen LogP contribution >= 0.6 is 0 Å². The van der Waals surface area contributed by atoms with Crippen molar-refractivity contribution < 1.29 is 14.2 Å². The van der Waals surface area contributed by atoms with Crippen LogP contribution < -0.4 is 4.74 Å². The molecule has 2 heterocycles. The Hall–Kier alpha value is -3.08. The van der Waals surface area contributed by atoms with Crippen LogP contribution in [0.4, 0.5) is 0 Å². The van der Waals surface area contributed by atoms with Gasteiger partial charge < -0.3 is 14.2 Å². The maximum Gasteiger partial charge on any atom is 0.217 e. The van der Waals surface area contributed by atoms with E-state index in [0.29, 0.717) is 24.2 Å². The van der Waals surface area contributed by atoms with Gasteiger partial charge in [-0.25, -0.2) is 0 Å². The minimum atomic E-state index is -1.91. The number of methoxy groups -OCH3 is 1. The Bertz CT molecular complexity index is 1000. The highest BCUT2D eigenvalue weighted by Crippen LogP contribution is 2.68. The molecule has 172 valence electrons. The third kappa shape index (κ3) is 3.36. The summed E-state index contributed by atoms with van der Waals surface area (Å²) in [5.74, 6) is -1.40. The lowest BCUT2D eigenvalue weighted by Gasteiger charge is -2.50. The van der Waals surface area contributed by atoms with Gasteiger partial charge in [-0.15, -0.1) is 0 Å². The molecule has 4 rings (SSSR count). The molecular weight excluding hydrogens is 416 g/mol. The molecule has 1 saturated carbocycles. The van der Waals surface area contributed by atoms with Crippen molar-refractivity contribution >= 4 is 5.90 Å². The van der Waals surface area contributed by atoms with Crippen molar-refractivity contribution in [2.75, 3.05) is 7.11 Å². The van der Waals surface area contributed by atoms with Gasteiger partial charge in [0.2, 0.25) is 17.1 Å². The lowest BCUT2D eigenvalue weighted by atomic mass is 9.52. The van der Waals surface area contributed by atoms with Gasteiger partial charge >= 0.3 is 0 Å². The van der Waals surface area contributed by atoms with Gasteiger partial charge in [0.25, 0.3) is 0 Å². The van der Waals surface area contributed by atoms with E-state index in [4.69, 9.17) is 19.6 Å². The van der Waals surface area contributed by atoms with E-state index >= 15 is 0 Å². The number of rotatable bonds is 2. The van der Waals surface area contributed by atoms with Crippen LogP contribution in [0.2, 0.25) is 0 Å². The molecule has 0 spiro atoms. The van der Waals surface area contributed by atoms with Gasteiger partial charge in [0.1, 0.15) is 11.9 Å². The van der Waals surface area contributed by atoms with Gasteiger partial charge in [-0.3, -0.25) is 5.41 Å². The largest absolute Gasteiger partial charge is 0.497 e. The fourth-order valence-electron chi connectivity index (χ4n) is 6.00. The number of nitrogens with one attached hydrogen (secondary N) is 1. The number of nitriles is 3. The third-order valence-electron chi connectivity index (χ3n) is 7.73. The first-order chi connectivity index (χ1) is 16.0. The van der Waals surface area contributed by atoms with Crippen LogP contribution in [0.25, 0.3) is 0 Å². The fraction of sp³-hybridized carbons (Fsp3) is 0.615. The Kier molecular flexibility index (Phi) is 6.33. The summed E-state index contributed by atoms with van der Waals surface area (Å²) in [7, 11) is 1.56. The van der Waals surface area contributed by atoms with Crippen molar-refractivity contribution in [2.45, 2.75) is 76.1 Å². The highest BCUT2D eigenvalue weighted by molar-refractivity contribution is 5.89. The molecule has 33 heavy (non-hydrogen) atoms. The van der Waals surface area contributed by atoms with Crippen LogP contribution in [0.15, 0.2) is 24.3 Å². The molecule has 4 atom stereocenters. The summed E-state index contributed by atoms with van der Waals surface area (Å²) in [6, 6.07) is 13.6. The van der Waals surface area contributed by atoms with Crippen molar-refractivity contribution in [3.05, 3.63) is 29.8 Å². The van der Waals surface area contributed by atoms with Gasteiger partial charge in [0, 0.05) is 6.42 Å². The van der Waals surface area contributed by atoms with Crippen LogP contribution in [0.5, 0.6) is 5.75 Å². The average molecular weight is 447 g/mol. The first kappa shape index (κ1) is 23.1. The zero-order valence-electron chi connectivity index (χ0n) is 19.1. The molecule has 1 aromatic carbocycles. The smallest absolute Gasteiger partial charge is 0.217 e. The molecule has 2 aliphatic heterocycles. The summed E-state index contributed by atoms with van der Waals surface area (Å²) in [4.78, 5) is 0. The fourth-order valence-corrected chi connectivity index (χ4v) is 6.00. The summed E-state index contributed by atoms with van der Waals surface area (Å²) in [6.07, 6.45) is 8.45. The van der Waals surface area contributed by atoms with Crippen LogP contribution in [-0.2, 0) is 9.47 Å². The molecule has 2 saturated heterocycles. The maximum atomic E-state index is 10.6. The minimum absolute atomic E-state index is 0.302. The van der Waals surface area contributed by atoms with E-state index < -0.39 is 28.6 Å². The second-order valence-electron chi connectivity index (χ2n) is 9.39. The molecule has 1 N–H and O–H groups in total. The highest BCUT2D eigenvalue weighted by Gasteiger charge is 2.79. The van der Waals surface area contributed by atoms with Gasteiger partial charge in [-0.1, -0.05) is 57.1 Å². The predicted octanol–water partition coefficient (Wildman–Crippen LogP) is 5.54. The summed E-state index contributed by atoms with van der Waals surface area (Å²) in [5, 5.41) is 40.2. The standard InChI is InChI=1S/C26H30N4O3/c1-31-20-13-11-19(12-14-20)22-24(16-27,17-28)25(18-29)21-10-8-6-4-2-3-5-7-9-15-26(21,32-22)33-23(25)30/h11-14,21-22,30H,2-10,15H2,1H3. The Morgan fingerprint density at radius 2 is 1.52 bits per heavy atom. The van der Waals surface area contributed by atoms with Crippen molar-refractivity contribution in [3.63, 3.8) is 0 Å². The first-order valence-electron chi connectivity index (χ1n) is 11.9. The Morgan fingerprint density at radius 1 is 0.909 bits per heavy atom. The van der Waals surface area contributed by atoms with Crippen molar-refractivity contribution in [3.8, 4) is 24.0 Å².